The van der Waals surface area contributed by atoms with Gasteiger partial charge in [0.1, 0.15) is 0 Å². The Bertz CT molecular complexity index is 895. The zero-order valence-electron chi connectivity index (χ0n) is 15.2. The Morgan fingerprint density at radius 2 is 1.88 bits per heavy atom. The minimum absolute atomic E-state index is 0.0323. The van der Waals surface area contributed by atoms with Crippen LogP contribution >= 0.6 is 0 Å². The third-order valence-electron chi connectivity index (χ3n) is 4.08. The SMILES string of the molecule is CCC(N)CNC(=O)c1cccc(S(=O)(=O)Nc2ccc(C)cc2C)c1. The summed E-state index contributed by atoms with van der Waals surface area (Å²) in [5.74, 6) is -0.350. The molecule has 2 aromatic rings. The Morgan fingerprint density at radius 1 is 1.15 bits per heavy atom. The number of benzene rings is 2. The van der Waals surface area contributed by atoms with Crippen molar-refractivity contribution in [2.24, 2.45) is 5.73 Å². The lowest BCUT2D eigenvalue weighted by Gasteiger charge is -2.13. The van der Waals surface area contributed by atoms with E-state index in [2.05, 4.69) is 10.0 Å². The van der Waals surface area contributed by atoms with Gasteiger partial charge in [-0.15, -0.1) is 0 Å². The molecule has 0 aliphatic heterocycles. The molecule has 0 fully saturated rings. The monoisotopic (exact) mass is 375 g/mol. The highest BCUT2D eigenvalue weighted by molar-refractivity contribution is 7.92. The number of nitrogens with one attached hydrogen (secondary N) is 2. The van der Waals surface area contributed by atoms with Gasteiger partial charge in [-0.25, -0.2) is 8.42 Å². The Hall–Kier alpha value is -2.38. The predicted molar refractivity (Wildman–Crippen MR) is 104 cm³/mol. The zero-order valence-corrected chi connectivity index (χ0v) is 16.1. The lowest BCUT2D eigenvalue weighted by Crippen LogP contribution is -2.36. The number of hydrogen-bond donors (Lipinski definition) is 3. The van der Waals surface area contributed by atoms with Crippen LogP contribution in [0.2, 0.25) is 0 Å². The van der Waals surface area contributed by atoms with Crippen LogP contribution in [0.15, 0.2) is 47.4 Å². The van der Waals surface area contributed by atoms with Crippen LogP contribution in [-0.4, -0.2) is 26.9 Å². The molecule has 1 atom stereocenters. The molecule has 0 aliphatic rings. The normalized spacial score (nSPS) is 12.5. The second-order valence-corrected chi connectivity index (χ2v) is 8.01. The lowest BCUT2D eigenvalue weighted by molar-refractivity contribution is 0.0951. The summed E-state index contributed by atoms with van der Waals surface area (Å²) in [5, 5.41) is 2.71. The standard InChI is InChI=1S/C19H25N3O3S/c1-4-16(20)12-21-19(23)15-6-5-7-17(11-15)26(24,25)22-18-9-8-13(2)10-14(18)3/h5-11,16,22H,4,12,20H2,1-3H3,(H,21,23). The van der Waals surface area contributed by atoms with E-state index < -0.39 is 10.0 Å². The Balaban J connectivity index is 2.21. The van der Waals surface area contributed by atoms with E-state index >= 15 is 0 Å². The fourth-order valence-corrected chi connectivity index (χ4v) is 3.58. The van der Waals surface area contributed by atoms with Crippen molar-refractivity contribution < 1.29 is 13.2 Å². The quantitative estimate of drug-likeness (QED) is 0.692. The van der Waals surface area contributed by atoms with Gasteiger partial charge in [-0.1, -0.05) is 30.7 Å². The number of hydrogen-bond acceptors (Lipinski definition) is 4. The fraction of sp³-hybridized carbons (Fsp3) is 0.316. The van der Waals surface area contributed by atoms with Gasteiger partial charge in [0.05, 0.1) is 10.6 Å². The van der Waals surface area contributed by atoms with E-state index in [0.29, 0.717) is 12.2 Å². The Morgan fingerprint density at radius 3 is 2.54 bits per heavy atom. The van der Waals surface area contributed by atoms with Gasteiger partial charge in [-0.3, -0.25) is 9.52 Å². The summed E-state index contributed by atoms with van der Waals surface area (Å²) < 4.78 is 27.9. The molecule has 140 valence electrons. The van der Waals surface area contributed by atoms with Crippen LogP contribution in [0.1, 0.15) is 34.8 Å². The van der Waals surface area contributed by atoms with E-state index in [4.69, 9.17) is 5.73 Å². The van der Waals surface area contributed by atoms with Crippen LogP contribution in [-0.2, 0) is 10.0 Å². The topological polar surface area (TPSA) is 101 Å². The van der Waals surface area contributed by atoms with Gasteiger partial charge >= 0.3 is 0 Å². The highest BCUT2D eigenvalue weighted by atomic mass is 32.2. The molecule has 7 heteroatoms. The summed E-state index contributed by atoms with van der Waals surface area (Å²) in [6.45, 7) is 6.05. The van der Waals surface area contributed by atoms with Crippen molar-refractivity contribution in [3.8, 4) is 0 Å². The summed E-state index contributed by atoms with van der Waals surface area (Å²) in [6.07, 6.45) is 0.745. The summed E-state index contributed by atoms with van der Waals surface area (Å²) in [6, 6.07) is 11.3. The molecule has 1 amide bonds. The van der Waals surface area contributed by atoms with Crippen molar-refractivity contribution in [1.29, 1.82) is 0 Å². The molecular formula is C19H25N3O3S. The van der Waals surface area contributed by atoms with E-state index in [1.54, 1.807) is 18.2 Å². The fourth-order valence-electron chi connectivity index (χ4n) is 2.41. The van der Waals surface area contributed by atoms with E-state index in [-0.39, 0.29) is 22.4 Å². The summed E-state index contributed by atoms with van der Waals surface area (Å²) in [4.78, 5) is 12.2. The summed E-state index contributed by atoms with van der Waals surface area (Å²) in [5.41, 5.74) is 8.46. The Labute approximate surface area is 154 Å². The second kappa shape index (κ2) is 8.33. The molecule has 2 aromatic carbocycles. The van der Waals surface area contributed by atoms with Crippen LogP contribution < -0.4 is 15.8 Å². The lowest BCUT2D eigenvalue weighted by atomic mass is 10.1. The molecule has 0 saturated heterocycles. The molecule has 0 bridgehead atoms. The number of sulfonamides is 1. The maximum absolute atomic E-state index is 12.7. The smallest absolute Gasteiger partial charge is 0.261 e. The molecule has 0 aliphatic carbocycles. The van der Waals surface area contributed by atoms with E-state index in [1.807, 2.05) is 32.9 Å². The van der Waals surface area contributed by atoms with Gasteiger partial charge in [0.2, 0.25) is 0 Å². The van der Waals surface area contributed by atoms with Gasteiger partial charge in [0.25, 0.3) is 15.9 Å². The molecule has 2 rings (SSSR count). The number of rotatable bonds is 7. The molecule has 6 nitrogen and oxygen atoms in total. The highest BCUT2D eigenvalue weighted by Gasteiger charge is 2.17. The van der Waals surface area contributed by atoms with E-state index in [1.165, 1.54) is 12.1 Å². The van der Waals surface area contributed by atoms with Crippen molar-refractivity contribution in [2.45, 2.75) is 38.1 Å². The number of carbonyl (C=O) groups is 1. The first kappa shape index (κ1) is 19.9. The highest BCUT2D eigenvalue weighted by Crippen LogP contribution is 2.21. The van der Waals surface area contributed by atoms with Crippen molar-refractivity contribution in [3.63, 3.8) is 0 Å². The van der Waals surface area contributed by atoms with Crippen LogP contribution in [0, 0.1) is 13.8 Å². The first-order valence-corrected chi connectivity index (χ1v) is 9.95. The number of amides is 1. The van der Waals surface area contributed by atoms with Gasteiger partial charge < -0.3 is 11.1 Å². The number of aryl methyl sites for hydroxylation is 2. The summed E-state index contributed by atoms with van der Waals surface area (Å²) in [7, 11) is -3.80. The molecule has 0 saturated carbocycles. The van der Waals surface area contributed by atoms with Crippen LogP contribution in [0.3, 0.4) is 0 Å². The van der Waals surface area contributed by atoms with Gasteiger partial charge in [-0.2, -0.15) is 0 Å². The number of nitrogens with two attached hydrogens (primary N) is 1. The van der Waals surface area contributed by atoms with Crippen molar-refractivity contribution in [2.75, 3.05) is 11.3 Å². The molecule has 0 spiro atoms. The minimum Gasteiger partial charge on any atom is -0.350 e. The minimum atomic E-state index is -3.80. The predicted octanol–water partition coefficient (Wildman–Crippen LogP) is 2.57. The van der Waals surface area contributed by atoms with E-state index in [0.717, 1.165) is 17.5 Å². The molecule has 26 heavy (non-hydrogen) atoms. The maximum atomic E-state index is 12.7. The van der Waals surface area contributed by atoms with Crippen LogP contribution in [0.4, 0.5) is 5.69 Å². The van der Waals surface area contributed by atoms with Gasteiger partial charge in [0, 0.05) is 18.2 Å². The van der Waals surface area contributed by atoms with Crippen molar-refractivity contribution in [3.05, 3.63) is 59.2 Å². The second-order valence-electron chi connectivity index (χ2n) is 6.33. The number of anilines is 1. The molecule has 0 heterocycles. The molecular weight excluding hydrogens is 350 g/mol. The average Bonchev–Trinajstić information content (AvgIpc) is 2.61. The van der Waals surface area contributed by atoms with Crippen LogP contribution in [0.5, 0.6) is 0 Å². The maximum Gasteiger partial charge on any atom is 0.261 e. The van der Waals surface area contributed by atoms with Crippen LogP contribution in [0.25, 0.3) is 0 Å². The van der Waals surface area contributed by atoms with Gasteiger partial charge in [-0.05, 0) is 50.1 Å². The van der Waals surface area contributed by atoms with E-state index in [9.17, 15) is 13.2 Å². The van der Waals surface area contributed by atoms with Crippen molar-refractivity contribution >= 4 is 21.6 Å². The third kappa shape index (κ3) is 5.06. The molecule has 1 unspecified atom stereocenters. The first-order chi connectivity index (χ1) is 12.2. The molecule has 0 aromatic heterocycles. The zero-order chi connectivity index (χ0) is 19.3. The summed E-state index contributed by atoms with van der Waals surface area (Å²) >= 11 is 0. The molecule has 4 N–H and O–H groups in total. The number of carbonyl (C=O) groups excluding carboxylic acids is 1. The van der Waals surface area contributed by atoms with Gasteiger partial charge in [0.15, 0.2) is 0 Å². The first-order valence-electron chi connectivity index (χ1n) is 8.47. The van der Waals surface area contributed by atoms with Crippen molar-refractivity contribution in [1.82, 2.24) is 5.32 Å². The average molecular weight is 375 g/mol. The largest absolute Gasteiger partial charge is 0.350 e. The Kier molecular flexibility index (Phi) is 6.39. The third-order valence-corrected chi connectivity index (χ3v) is 5.45. The molecule has 0 radical (unpaired) electrons.